The number of hydrogen-bond donors (Lipinski definition) is 1. The van der Waals surface area contributed by atoms with Gasteiger partial charge in [-0.2, -0.15) is 4.31 Å². The average molecular weight is 374 g/mol. The molecule has 0 aliphatic carbocycles. The van der Waals surface area contributed by atoms with Gasteiger partial charge >= 0.3 is 0 Å². The predicted octanol–water partition coefficient (Wildman–Crippen LogP) is 1.39. The zero-order valence-electron chi connectivity index (χ0n) is 14.0. The van der Waals surface area contributed by atoms with Crippen LogP contribution in [0.4, 0.5) is 5.69 Å². The smallest absolute Gasteiger partial charge is 0.243 e. The van der Waals surface area contributed by atoms with Crippen molar-refractivity contribution in [2.24, 2.45) is 0 Å². The van der Waals surface area contributed by atoms with Crippen LogP contribution in [-0.2, 0) is 21.2 Å². The van der Waals surface area contributed by atoms with Crippen molar-refractivity contribution in [1.29, 1.82) is 0 Å². The van der Waals surface area contributed by atoms with Crippen molar-refractivity contribution < 1.29 is 13.2 Å². The maximum Gasteiger partial charge on any atom is 0.243 e. The lowest BCUT2D eigenvalue weighted by Crippen LogP contribution is -2.43. The van der Waals surface area contributed by atoms with E-state index in [1.807, 2.05) is 13.1 Å². The van der Waals surface area contributed by atoms with Gasteiger partial charge in [0.05, 0.1) is 4.90 Å². The fourth-order valence-electron chi connectivity index (χ4n) is 3.38. The Morgan fingerprint density at radius 2 is 1.88 bits per heavy atom. The van der Waals surface area contributed by atoms with Gasteiger partial charge in [-0.1, -0.05) is 6.07 Å². The summed E-state index contributed by atoms with van der Waals surface area (Å²) >= 11 is 0. The largest absolute Gasteiger partial charge is 0.317 e. The molecular formula is C16H24ClN3O3S. The second kappa shape index (κ2) is 7.39. The highest BCUT2D eigenvalue weighted by molar-refractivity contribution is 7.89. The molecule has 1 aromatic carbocycles. The molecule has 0 aromatic heterocycles. The minimum Gasteiger partial charge on any atom is -0.317 e. The van der Waals surface area contributed by atoms with Crippen molar-refractivity contribution >= 4 is 34.0 Å². The van der Waals surface area contributed by atoms with Gasteiger partial charge in [-0.25, -0.2) is 8.42 Å². The van der Waals surface area contributed by atoms with Gasteiger partial charge in [0, 0.05) is 38.3 Å². The first-order valence-corrected chi connectivity index (χ1v) is 9.46. The summed E-state index contributed by atoms with van der Waals surface area (Å²) in [6.45, 7) is 3.20. The summed E-state index contributed by atoms with van der Waals surface area (Å²) in [4.78, 5) is 13.6. The van der Waals surface area contributed by atoms with Gasteiger partial charge in [-0.3, -0.25) is 4.79 Å². The summed E-state index contributed by atoms with van der Waals surface area (Å²) in [6.07, 6.45) is 2.42. The fourth-order valence-corrected chi connectivity index (χ4v) is 4.87. The van der Waals surface area contributed by atoms with E-state index in [4.69, 9.17) is 0 Å². The summed E-state index contributed by atoms with van der Waals surface area (Å²) in [6, 6.07) is 5.55. The van der Waals surface area contributed by atoms with Crippen molar-refractivity contribution in [3.8, 4) is 0 Å². The van der Waals surface area contributed by atoms with E-state index in [0.29, 0.717) is 25.7 Å². The number of nitrogens with one attached hydrogen (secondary N) is 1. The number of anilines is 1. The van der Waals surface area contributed by atoms with Crippen LogP contribution in [0.3, 0.4) is 0 Å². The first-order chi connectivity index (χ1) is 10.9. The number of piperidine rings is 1. The van der Waals surface area contributed by atoms with Crippen LogP contribution in [0.15, 0.2) is 23.1 Å². The van der Waals surface area contributed by atoms with Gasteiger partial charge in [0.2, 0.25) is 15.9 Å². The van der Waals surface area contributed by atoms with Crippen molar-refractivity contribution in [2.75, 3.05) is 31.6 Å². The lowest BCUT2D eigenvalue weighted by molar-refractivity contribution is -0.116. The number of hydrogen-bond acceptors (Lipinski definition) is 4. The quantitative estimate of drug-likeness (QED) is 0.869. The molecule has 1 fully saturated rings. The summed E-state index contributed by atoms with van der Waals surface area (Å²) in [5.41, 5.74) is 1.77. The Morgan fingerprint density at radius 3 is 2.46 bits per heavy atom. The second-order valence-corrected chi connectivity index (χ2v) is 8.12. The molecule has 0 saturated carbocycles. The number of nitrogens with zero attached hydrogens (tertiary/aromatic N) is 2. The Balaban J connectivity index is 0.00000208. The molecule has 2 aliphatic heterocycles. The minimum atomic E-state index is -3.50. The SMILES string of the molecule is CNC1CCN(S(=O)(=O)c2ccc3c(c2)N(C(C)=O)CC3)CC1.Cl. The highest BCUT2D eigenvalue weighted by atomic mass is 35.5. The van der Waals surface area contributed by atoms with Crippen LogP contribution < -0.4 is 10.2 Å². The third kappa shape index (κ3) is 3.44. The number of benzene rings is 1. The van der Waals surface area contributed by atoms with Gasteiger partial charge in [0.15, 0.2) is 0 Å². The molecule has 0 spiro atoms. The minimum absolute atomic E-state index is 0. The maximum atomic E-state index is 12.9. The Hall–Kier alpha value is -1.15. The van der Waals surface area contributed by atoms with Gasteiger partial charge in [-0.05, 0) is 44.0 Å². The molecule has 1 amide bonds. The number of carbonyl (C=O) groups excluding carboxylic acids is 1. The summed E-state index contributed by atoms with van der Waals surface area (Å²) in [5.74, 6) is -0.0480. The van der Waals surface area contributed by atoms with E-state index in [9.17, 15) is 13.2 Å². The lowest BCUT2D eigenvalue weighted by atomic mass is 10.1. The first kappa shape index (κ1) is 19.2. The Morgan fingerprint density at radius 1 is 1.21 bits per heavy atom. The number of halogens is 1. The molecule has 24 heavy (non-hydrogen) atoms. The van der Waals surface area contributed by atoms with E-state index in [0.717, 1.165) is 30.5 Å². The molecule has 134 valence electrons. The molecule has 1 saturated heterocycles. The van der Waals surface area contributed by atoms with Crippen LogP contribution in [0.2, 0.25) is 0 Å². The zero-order chi connectivity index (χ0) is 16.6. The third-order valence-electron chi connectivity index (χ3n) is 4.83. The molecule has 2 aliphatic rings. The second-order valence-electron chi connectivity index (χ2n) is 6.18. The molecular weight excluding hydrogens is 350 g/mol. The molecule has 0 bridgehead atoms. The summed E-state index contributed by atoms with van der Waals surface area (Å²) < 4.78 is 27.3. The summed E-state index contributed by atoms with van der Waals surface area (Å²) in [5, 5.41) is 3.20. The topological polar surface area (TPSA) is 69.7 Å². The van der Waals surface area contributed by atoms with Gasteiger partial charge in [0.25, 0.3) is 0 Å². The van der Waals surface area contributed by atoms with Crippen LogP contribution in [0, 0.1) is 0 Å². The normalized spacial score (nSPS) is 19.0. The monoisotopic (exact) mass is 373 g/mol. The van der Waals surface area contributed by atoms with E-state index in [1.165, 1.54) is 6.92 Å². The van der Waals surface area contributed by atoms with E-state index >= 15 is 0 Å². The van der Waals surface area contributed by atoms with E-state index in [1.54, 1.807) is 21.3 Å². The van der Waals surface area contributed by atoms with Gasteiger partial charge in [-0.15, -0.1) is 12.4 Å². The van der Waals surface area contributed by atoms with Gasteiger partial charge < -0.3 is 10.2 Å². The predicted molar refractivity (Wildman–Crippen MR) is 96.3 cm³/mol. The van der Waals surface area contributed by atoms with Crippen LogP contribution in [0.5, 0.6) is 0 Å². The fraction of sp³-hybridized carbons (Fsp3) is 0.562. The van der Waals surface area contributed by atoms with E-state index < -0.39 is 10.0 Å². The molecule has 6 nitrogen and oxygen atoms in total. The van der Waals surface area contributed by atoms with Gasteiger partial charge in [0.1, 0.15) is 0 Å². The molecule has 1 aromatic rings. The van der Waals surface area contributed by atoms with Crippen molar-refractivity contribution in [3.63, 3.8) is 0 Å². The van der Waals surface area contributed by atoms with E-state index in [-0.39, 0.29) is 23.2 Å². The third-order valence-corrected chi connectivity index (χ3v) is 6.73. The van der Waals surface area contributed by atoms with Crippen LogP contribution >= 0.6 is 12.4 Å². The molecule has 0 unspecified atom stereocenters. The standard InChI is InChI=1S/C16H23N3O3S.ClH/c1-12(20)19-10-5-13-3-4-15(11-16(13)19)23(21,22)18-8-6-14(17-2)7-9-18;/h3-4,11,14,17H,5-10H2,1-2H3;1H. The number of rotatable bonds is 3. The molecule has 0 radical (unpaired) electrons. The zero-order valence-corrected chi connectivity index (χ0v) is 15.6. The Bertz CT molecular complexity index is 715. The first-order valence-electron chi connectivity index (χ1n) is 8.02. The highest BCUT2D eigenvalue weighted by Gasteiger charge is 2.31. The molecule has 0 atom stereocenters. The number of fused-ring (bicyclic) bond motifs is 1. The summed E-state index contributed by atoms with van der Waals surface area (Å²) in [7, 11) is -1.59. The lowest BCUT2D eigenvalue weighted by Gasteiger charge is -2.31. The molecule has 2 heterocycles. The molecule has 1 N–H and O–H groups in total. The maximum absolute atomic E-state index is 12.9. The van der Waals surface area contributed by atoms with Crippen LogP contribution in [0.1, 0.15) is 25.3 Å². The Kier molecular flexibility index (Phi) is 5.91. The van der Waals surface area contributed by atoms with E-state index in [2.05, 4.69) is 5.32 Å². The van der Waals surface area contributed by atoms with Crippen molar-refractivity contribution in [2.45, 2.75) is 37.1 Å². The van der Waals surface area contributed by atoms with Crippen LogP contribution in [0.25, 0.3) is 0 Å². The molecule has 3 rings (SSSR count). The Labute approximate surface area is 149 Å². The number of carbonyl (C=O) groups is 1. The number of sulfonamides is 1. The van der Waals surface area contributed by atoms with Crippen molar-refractivity contribution in [1.82, 2.24) is 9.62 Å². The number of amides is 1. The highest BCUT2D eigenvalue weighted by Crippen LogP contribution is 2.32. The molecule has 8 heteroatoms. The average Bonchev–Trinajstić information content (AvgIpc) is 2.98. The van der Waals surface area contributed by atoms with Crippen LogP contribution in [-0.4, -0.2) is 51.4 Å². The van der Waals surface area contributed by atoms with Crippen molar-refractivity contribution in [3.05, 3.63) is 23.8 Å².